The summed E-state index contributed by atoms with van der Waals surface area (Å²) in [5, 5.41) is 0. The van der Waals surface area contributed by atoms with E-state index in [9.17, 15) is 4.39 Å². The SMILES string of the molecule is [C-]#[N+]CCC1CCC(C)(F)C1. The van der Waals surface area contributed by atoms with E-state index >= 15 is 0 Å². The standard InChI is InChI=1S/C9H14FN/c1-9(10)5-3-8(7-9)4-6-11-2/h8H,3-7H2,1H3. The molecule has 1 aliphatic carbocycles. The van der Waals surface area contributed by atoms with Crippen molar-refractivity contribution in [1.29, 1.82) is 0 Å². The third kappa shape index (κ3) is 2.49. The smallest absolute Gasteiger partial charge is 0.214 e. The zero-order valence-corrected chi connectivity index (χ0v) is 6.94. The Morgan fingerprint density at radius 2 is 2.45 bits per heavy atom. The van der Waals surface area contributed by atoms with Crippen LogP contribution in [-0.2, 0) is 0 Å². The summed E-state index contributed by atoms with van der Waals surface area (Å²) in [6.45, 7) is 8.84. The van der Waals surface area contributed by atoms with Gasteiger partial charge in [-0.1, -0.05) is 0 Å². The second-order valence-electron chi connectivity index (χ2n) is 3.69. The quantitative estimate of drug-likeness (QED) is 0.540. The van der Waals surface area contributed by atoms with Crippen LogP contribution in [0.15, 0.2) is 0 Å². The van der Waals surface area contributed by atoms with Gasteiger partial charge in [0.05, 0.1) is 0 Å². The highest BCUT2D eigenvalue weighted by atomic mass is 19.1. The van der Waals surface area contributed by atoms with E-state index in [1.54, 1.807) is 6.92 Å². The molecule has 0 aromatic rings. The normalized spacial score (nSPS) is 37.0. The first-order chi connectivity index (χ1) is 5.14. The van der Waals surface area contributed by atoms with Crippen LogP contribution in [0.3, 0.4) is 0 Å². The molecule has 1 aliphatic rings. The van der Waals surface area contributed by atoms with E-state index < -0.39 is 5.67 Å². The fourth-order valence-corrected chi connectivity index (χ4v) is 1.80. The van der Waals surface area contributed by atoms with Gasteiger partial charge in [-0.2, -0.15) is 0 Å². The van der Waals surface area contributed by atoms with E-state index in [2.05, 4.69) is 4.85 Å². The van der Waals surface area contributed by atoms with Gasteiger partial charge in [0.2, 0.25) is 6.54 Å². The average Bonchev–Trinajstić information content (AvgIpc) is 2.26. The Kier molecular flexibility index (Phi) is 2.49. The summed E-state index contributed by atoms with van der Waals surface area (Å²) in [6.07, 6.45) is 3.23. The first kappa shape index (κ1) is 8.52. The van der Waals surface area contributed by atoms with Gasteiger partial charge in [-0.05, 0) is 32.1 Å². The van der Waals surface area contributed by atoms with Gasteiger partial charge < -0.3 is 4.85 Å². The minimum atomic E-state index is -0.938. The van der Waals surface area contributed by atoms with E-state index in [1.165, 1.54) is 0 Å². The van der Waals surface area contributed by atoms with Crippen LogP contribution >= 0.6 is 0 Å². The summed E-state index contributed by atoms with van der Waals surface area (Å²) in [6, 6.07) is 0. The van der Waals surface area contributed by atoms with Gasteiger partial charge in [0.1, 0.15) is 5.67 Å². The van der Waals surface area contributed by atoms with Crippen LogP contribution in [0, 0.1) is 12.5 Å². The lowest BCUT2D eigenvalue weighted by Gasteiger charge is -2.11. The van der Waals surface area contributed by atoms with Crippen LogP contribution in [0.2, 0.25) is 0 Å². The molecule has 2 unspecified atom stereocenters. The van der Waals surface area contributed by atoms with Crippen LogP contribution in [-0.4, -0.2) is 12.2 Å². The number of halogens is 1. The highest BCUT2D eigenvalue weighted by molar-refractivity contribution is 4.86. The fraction of sp³-hybridized carbons (Fsp3) is 0.889. The Balaban J connectivity index is 2.26. The Hall–Kier alpha value is -0.580. The summed E-state index contributed by atoms with van der Waals surface area (Å²) in [5.41, 5.74) is -0.938. The molecule has 0 spiro atoms. The van der Waals surface area contributed by atoms with E-state index in [0.29, 0.717) is 25.3 Å². The molecule has 0 aromatic carbocycles. The zero-order chi connectivity index (χ0) is 8.32. The third-order valence-corrected chi connectivity index (χ3v) is 2.44. The van der Waals surface area contributed by atoms with Crippen molar-refractivity contribution >= 4 is 0 Å². The van der Waals surface area contributed by atoms with Crippen molar-refractivity contribution in [2.24, 2.45) is 5.92 Å². The van der Waals surface area contributed by atoms with Gasteiger partial charge in [-0.15, -0.1) is 0 Å². The van der Waals surface area contributed by atoms with Crippen molar-refractivity contribution in [2.75, 3.05) is 6.54 Å². The van der Waals surface area contributed by atoms with Gasteiger partial charge in [-0.3, -0.25) is 0 Å². The predicted octanol–water partition coefficient (Wildman–Crippen LogP) is 2.82. The molecule has 1 saturated carbocycles. The van der Waals surface area contributed by atoms with Crippen LogP contribution in [0.4, 0.5) is 4.39 Å². The number of rotatable bonds is 2. The van der Waals surface area contributed by atoms with Crippen molar-refractivity contribution in [2.45, 2.75) is 38.3 Å². The highest BCUT2D eigenvalue weighted by Crippen LogP contribution is 2.38. The molecular weight excluding hydrogens is 141 g/mol. The average molecular weight is 155 g/mol. The summed E-state index contributed by atoms with van der Waals surface area (Å²) >= 11 is 0. The lowest BCUT2D eigenvalue weighted by Crippen LogP contribution is -2.11. The molecule has 2 atom stereocenters. The molecule has 1 nitrogen and oxygen atoms in total. The van der Waals surface area contributed by atoms with Crippen LogP contribution in [0.25, 0.3) is 4.85 Å². The molecule has 1 rings (SSSR count). The lowest BCUT2D eigenvalue weighted by atomic mass is 10.0. The minimum absolute atomic E-state index is 0.471. The molecule has 0 N–H and O–H groups in total. The Morgan fingerprint density at radius 1 is 1.73 bits per heavy atom. The molecule has 0 heterocycles. The van der Waals surface area contributed by atoms with E-state index in [-0.39, 0.29) is 0 Å². The van der Waals surface area contributed by atoms with E-state index in [1.807, 2.05) is 0 Å². The van der Waals surface area contributed by atoms with Crippen molar-refractivity contribution in [1.82, 2.24) is 0 Å². The van der Waals surface area contributed by atoms with Crippen LogP contribution < -0.4 is 0 Å². The Morgan fingerprint density at radius 3 is 2.91 bits per heavy atom. The summed E-state index contributed by atoms with van der Waals surface area (Å²) in [5.74, 6) is 0.471. The highest BCUT2D eigenvalue weighted by Gasteiger charge is 2.34. The predicted molar refractivity (Wildman–Crippen MR) is 42.9 cm³/mol. The van der Waals surface area contributed by atoms with E-state index in [0.717, 1.165) is 12.8 Å². The van der Waals surface area contributed by atoms with Crippen molar-refractivity contribution in [3.05, 3.63) is 11.4 Å². The van der Waals surface area contributed by atoms with Crippen molar-refractivity contribution < 1.29 is 4.39 Å². The van der Waals surface area contributed by atoms with Crippen molar-refractivity contribution in [3.8, 4) is 0 Å². The van der Waals surface area contributed by atoms with Gasteiger partial charge in [0.15, 0.2) is 0 Å². The van der Waals surface area contributed by atoms with Gasteiger partial charge in [-0.25, -0.2) is 11.0 Å². The molecule has 1 fully saturated rings. The Bertz CT molecular complexity index is 169. The van der Waals surface area contributed by atoms with Crippen LogP contribution in [0.5, 0.6) is 0 Å². The van der Waals surface area contributed by atoms with Gasteiger partial charge in [0, 0.05) is 6.42 Å². The number of hydrogen-bond donors (Lipinski definition) is 0. The summed E-state index contributed by atoms with van der Waals surface area (Å²) < 4.78 is 13.2. The molecule has 0 saturated heterocycles. The van der Waals surface area contributed by atoms with Crippen LogP contribution in [0.1, 0.15) is 32.6 Å². The summed E-state index contributed by atoms with van der Waals surface area (Å²) in [4.78, 5) is 3.27. The van der Waals surface area contributed by atoms with Gasteiger partial charge in [0.25, 0.3) is 0 Å². The molecule has 62 valence electrons. The lowest BCUT2D eigenvalue weighted by molar-refractivity contribution is 0.191. The Labute approximate surface area is 67.4 Å². The zero-order valence-electron chi connectivity index (χ0n) is 6.94. The topological polar surface area (TPSA) is 4.36 Å². The molecular formula is C9H14FN. The number of nitrogens with zero attached hydrogens (tertiary/aromatic N) is 1. The maximum atomic E-state index is 13.2. The molecule has 0 radical (unpaired) electrons. The molecule has 0 bridgehead atoms. The first-order valence-corrected chi connectivity index (χ1v) is 4.16. The first-order valence-electron chi connectivity index (χ1n) is 4.16. The van der Waals surface area contributed by atoms with E-state index in [4.69, 9.17) is 6.57 Å². The fourth-order valence-electron chi connectivity index (χ4n) is 1.80. The molecule has 2 heteroatoms. The number of hydrogen-bond acceptors (Lipinski definition) is 0. The molecule has 0 amide bonds. The largest absolute Gasteiger partial charge is 0.317 e. The second-order valence-corrected chi connectivity index (χ2v) is 3.69. The molecule has 11 heavy (non-hydrogen) atoms. The third-order valence-electron chi connectivity index (χ3n) is 2.44. The maximum absolute atomic E-state index is 13.2. The molecule has 0 aromatic heterocycles. The van der Waals surface area contributed by atoms with Gasteiger partial charge >= 0.3 is 0 Å². The molecule has 0 aliphatic heterocycles. The summed E-state index contributed by atoms with van der Waals surface area (Å²) in [7, 11) is 0. The monoisotopic (exact) mass is 155 g/mol. The van der Waals surface area contributed by atoms with Crippen molar-refractivity contribution in [3.63, 3.8) is 0 Å². The minimum Gasteiger partial charge on any atom is -0.317 e. The second kappa shape index (κ2) is 3.21. The maximum Gasteiger partial charge on any atom is 0.214 e. The number of alkyl halides is 1.